The first-order chi connectivity index (χ1) is 11.3. The van der Waals surface area contributed by atoms with Gasteiger partial charge in [-0.3, -0.25) is 4.98 Å². The van der Waals surface area contributed by atoms with Crippen molar-refractivity contribution in [1.82, 2.24) is 4.98 Å². The molecule has 0 bridgehead atoms. The fourth-order valence-electron chi connectivity index (χ4n) is 2.57. The first kappa shape index (κ1) is 14.8. The molecule has 1 aromatic heterocycles. The van der Waals surface area contributed by atoms with Crippen LogP contribution in [0.25, 0.3) is 11.1 Å². The van der Waals surface area contributed by atoms with Crippen LogP contribution in [0.4, 0.5) is 4.79 Å². The highest BCUT2D eigenvalue weighted by atomic mass is 16.6. The lowest BCUT2D eigenvalue weighted by molar-refractivity contribution is 0.126. The van der Waals surface area contributed by atoms with Crippen LogP contribution in [0.1, 0.15) is 17.2 Å². The van der Waals surface area contributed by atoms with Gasteiger partial charge in [0.2, 0.25) is 0 Å². The number of pyridine rings is 1. The number of primary amides is 1. The molecule has 2 N–H and O–H groups in total. The smallest absolute Gasteiger partial charge is 0.405 e. The fraction of sp³-hybridized carbons (Fsp3) is 0.0526. The molecule has 3 rings (SSSR count). The second-order valence-corrected chi connectivity index (χ2v) is 5.06. The van der Waals surface area contributed by atoms with E-state index in [2.05, 4.69) is 4.98 Å². The van der Waals surface area contributed by atoms with Crippen LogP contribution in [0.5, 0.6) is 0 Å². The molecule has 1 heterocycles. The molecule has 1 atom stereocenters. The van der Waals surface area contributed by atoms with Crippen LogP contribution in [-0.4, -0.2) is 11.1 Å². The summed E-state index contributed by atoms with van der Waals surface area (Å²) in [7, 11) is 0. The monoisotopic (exact) mass is 304 g/mol. The molecule has 2 aromatic carbocycles. The van der Waals surface area contributed by atoms with Crippen molar-refractivity contribution in [3.05, 3.63) is 90.3 Å². The van der Waals surface area contributed by atoms with Crippen LogP contribution in [0.3, 0.4) is 0 Å². The SMILES string of the molecule is NC(=O)OC(c1ccccc1)c1ccccc1-c1cccnc1. The summed E-state index contributed by atoms with van der Waals surface area (Å²) in [6.45, 7) is 0. The summed E-state index contributed by atoms with van der Waals surface area (Å²) in [5, 5.41) is 0. The summed E-state index contributed by atoms with van der Waals surface area (Å²) >= 11 is 0. The number of carbonyl (C=O) groups is 1. The Hall–Kier alpha value is -3.14. The molecular formula is C19H16N2O2. The largest absolute Gasteiger partial charge is 0.437 e. The lowest BCUT2D eigenvalue weighted by Gasteiger charge is -2.20. The van der Waals surface area contributed by atoms with Gasteiger partial charge in [0, 0.05) is 23.5 Å². The highest BCUT2D eigenvalue weighted by Gasteiger charge is 2.21. The van der Waals surface area contributed by atoms with Crippen molar-refractivity contribution < 1.29 is 9.53 Å². The van der Waals surface area contributed by atoms with Gasteiger partial charge in [0.25, 0.3) is 0 Å². The molecular weight excluding hydrogens is 288 g/mol. The predicted octanol–water partition coefficient (Wildman–Crippen LogP) is 3.93. The number of hydrogen-bond acceptors (Lipinski definition) is 3. The Kier molecular flexibility index (Phi) is 4.34. The third-order valence-electron chi connectivity index (χ3n) is 3.55. The van der Waals surface area contributed by atoms with Gasteiger partial charge in [-0.1, -0.05) is 60.7 Å². The molecule has 3 aromatic rings. The van der Waals surface area contributed by atoms with E-state index in [1.165, 1.54) is 0 Å². The standard InChI is InChI=1S/C19H16N2O2/c20-19(22)23-18(14-7-2-1-3-8-14)17-11-5-4-10-16(17)15-9-6-12-21-13-15/h1-13,18H,(H2,20,22). The molecule has 4 heteroatoms. The fourth-order valence-corrected chi connectivity index (χ4v) is 2.57. The van der Waals surface area contributed by atoms with Crippen molar-refractivity contribution >= 4 is 6.09 Å². The third-order valence-corrected chi connectivity index (χ3v) is 3.55. The lowest BCUT2D eigenvalue weighted by atomic mass is 9.93. The van der Waals surface area contributed by atoms with Crippen molar-refractivity contribution in [2.75, 3.05) is 0 Å². The van der Waals surface area contributed by atoms with E-state index in [1.54, 1.807) is 12.4 Å². The Bertz CT molecular complexity index is 789. The lowest BCUT2D eigenvalue weighted by Crippen LogP contribution is -2.18. The minimum Gasteiger partial charge on any atom is -0.437 e. The van der Waals surface area contributed by atoms with E-state index in [-0.39, 0.29) is 0 Å². The number of amides is 1. The van der Waals surface area contributed by atoms with Crippen LogP contribution in [0.2, 0.25) is 0 Å². The molecule has 1 amide bonds. The second-order valence-electron chi connectivity index (χ2n) is 5.06. The van der Waals surface area contributed by atoms with E-state index in [9.17, 15) is 4.79 Å². The molecule has 1 unspecified atom stereocenters. The van der Waals surface area contributed by atoms with Crippen molar-refractivity contribution in [1.29, 1.82) is 0 Å². The Morgan fingerprint density at radius 2 is 1.70 bits per heavy atom. The molecule has 0 saturated heterocycles. The number of ether oxygens (including phenoxy) is 1. The Morgan fingerprint density at radius 3 is 2.39 bits per heavy atom. The zero-order valence-electron chi connectivity index (χ0n) is 12.4. The van der Waals surface area contributed by atoms with Gasteiger partial charge in [-0.25, -0.2) is 4.79 Å². The molecule has 0 spiro atoms. The molecule has 0 aliphatic carbocycles. The van der Waals surface area contributed by atoms with Crippen molar-refractivity contribution in [3.8, 4) is 11.1 Å². The van der Waals surface area contributed by atoms with E-state index < -0.39 is 12.2 Å². The van der Waals surface area contributed by atoms with Gasteiger partial charge in [0.15, 0.2) is 6.10 Å². The highest BCUT2D eigenvalue weighted by molar-refractivity contribution is 5.70. The molecule has 0 aliphatic heterocycles. The molecule has 114 valence electrons. The summed E-state index contributed by atoms with van der Waals surface area (Å²) in [4.78, 5) is 15.6. The molecule has 0 saturated carbocycles. The maximum absolute atomic E-state index is 11.4. The normalized spacial score (nSPS) is 11.7. The maximum atomic E-state index is 11.4. The van der Waals surface area contributed by atoms with Crippen molar-refractivity contribution in [2.24, 2.45) is 5.73 Å². The summed E-state index contributed by atoms with van der Waals surface area (Å²) in [6.07, 6.45) is 2.14. The topological polar surface area (TPSA) is 65.2 Å². The Labute approximate surface area is 134 Å². The first-order valence-electron chi connectivity index (χ1n) is 7.26. The van der Waals surface area contributed by atoms with Gasteiger partial charge in [-0.15, -0.1) is 0 Å². The van der Waals surface area contributed by atoms with Gasteiger partial charge < -0.3 is 10.5 Å². The first-order valence-corrected chi connectivity index (χ1v) is 7.26. The van der Waals surface area contributed by atoms with Crippen LogP contribution in [0, 0.1) is 0 Å². The van der Waals surface area contributed by atoms with Crippen molar-refractivity contribution in [2.45, 2.75) is 6.10 Å². The third kappa shape index (κ3) is 3.37. The minimum atomic E-state index is -0.806. The Morgan fingerprint density at radius 1 is 0.957 bits per heavy atom. The number of nitrogens with zero attached hydrogens (tertiary/aromatic N) is 1. The van der Waals surface area contributed by atoms with Gasteiger partial charge in [0.1, 0.15) is 0 Å². The van der Waals surface area contributed by atoms with E-state index in [4.69, 9.17) is 10.5 Å². The quantitative estimate of drug-likeness (QED) is 0.794. The van der Waals surface area contributed by atoms with E-state index in [0.717, 1.165) is 22.3 Å². The molecule has 0 radical (unpaired) electrons. The van der Waals surface area contributed by atoms with E-state index >= 15 is 0 Å². The Balaban J connectivity index is 2.12. The van der Waals surface area contributed by atoms with Gasteiger partial charge in [-0.2, -0.15) is 0 Å². The summed E-state index contributed by atoms with van der Waals surface area (Å²) in [5.74, 6) is 0. The predicted molar refractivity (Wildman–Crippen MR) is 88.6 cm³/mol. The minimum absolute atomic E-state index is 0.565. The average Bonchev–Trinajstić information content (AvgIpc) is 2.61. The van der Waals surface area contributed by atoms with Crippen LogP contribution in [0.15, 0.2) is 79.1 Å². The molecule has 23 heavy (non-hydrogen) atoms. The van der Waals surface area contributed by atoms with Crippen LogP contribution >= 0.6 is 0 Å². The van der Waals surface area contributed by atoms with Crippen LogP contribution in [-0.2, 0) is 4.74 Å². The van der Waals surface area contributed by atoms with Gasteiger partial charge in [-0.05, 0) is 17.2 Å². The number of carbonyl (C=O) groups excluding carboxylic acids is 1. The average molecular weight is 304 g/mol. The number of hydrogen-bond donors (Lipinski definition) is 1. The number of benzene rings is 2. The van der Waals surface area contributed by atoms with Crippen LogP contribution < -0.4 is 5.73 Å². The van der Waals surface area contributed by atoms with E-state index in [0.29, 0.717) is 0 Å². The molecule has 4 nitrogen and oxygen atoms in total. The molecule has 0 fully saturated rings. The summed E-state index contributed by atoms with van der Waals surface area (Å²) < 4.78 is 5.40. The van der Waals surface area contributed by atoms with Gasteiger partial charge in [0.05, 0.1) is 0 Å². The van der Waals surface area contributed by atoms with E-state index in [1.807, 2.05) is 66.7 Å². The zero-order valence-corrected chi connectivity index (χ0v) is 12.4. The number of nitrogens with two attached hydrogens (primary N) is 1. The number of aromatic nitrogens is 1. The zero-order chi connectivity index (χ0) is 16.1. The summed E-state index contributed by atoms with van der Waals surface area (Å²) in [6, 6.07) is 21.2. The molecule has 0 aliphatic rings. The summed E-state index contributed by atoms with van der Waals surface area (Å²) in [5.41, 5.74) is 8.92. The highest BCUT2D eigenvalue weighted by Crippen LogP contribution is 2.33. The van der Waals surface area contributed by atoms with Crippen molar-refractivity contribution in [3.63, 3.8) is 0 Å². The maximum Gasteiger partial charge on any atom is 0.405 e. The second kappa shape index (κ2) is 6.75. The van der Waals surface area contributed by atoms with Gasteiger partial charge >= 0.3 is 6.09 Å². The number of rotatable bonds is 4.